The van der Waals surface area contributed by atoms with Gasteiger partial charge in [0.05, 0.1) is 23.2 Å². The molecule has 0 atom stereocenters. The zero-order chi connectivity index (χ0) is 20.2. The van der Waals surface area contributed by atoms with Crippen LogP contribution in [0.3, 0.4) is 0 Å². The second-order valence-electron chi connectivity index (χ2n) is 6.23. The third kappa shape index (κ3) is 4.02. The number of aromatic nitrogens is 1. The molecule has 1 aromatic heterocycles. The molecule has 0 saturated carbocycles. The van der Waals surface area contributed by atoms with Gasteiger partial charge in [0, 0.05) is 5.56 Å². The number of nitrogens with zero attached hydrogens (tertiary/aromatic N) is 1. The molecule has 0 aliphatic rings. The Morgan fingerprint density at radius 2 is 1.62 bits per heavy atom. The molecule has 0 bridgehead atoms. The van der Waals surface area contributed by atoms with E-state index in [4.69, 9.17) is 4.74 Å². The number of amides is 1. The monoisotopic (exact) mass is 404 g/mol. The van der Waals surface area contributed by atoms with E-state index in [-0.39, 0.29) is 5.56 Å². The van der Waals surface area contributed by atoms with Crippen molar-refractivity contribution in [1.29, 1.82) is 0 Å². The average molecular weight is 404 g/mol. The molecule has 144 valence electrons. The van der Waals surface area contributed by atoms with E-state index in [0.717, 1.165) is 27.4 Å². The third-order valence-electron chi connectivity index (χ3n) is 4.37. The van der Waals surface area contributed by atoms with Gasteiger partial charge in [-0.3, -0.25) is 10.1 Å². The molecule has 4 aromatic rings. The van der Waals surface area contributed by atoms with Gasteiger partial charge in [-0.15, -0.1) is 0 Å². The number of hydrogen-bond acceptors (Lipinski definition) is 4. The Labute approximate surface area is 171 Å². The van der Waals surface area contributed by atoms with Crippen molar-refractivity contribution in [1.82, 2.24) is 4.98 Å². The van der Waals surface area contributed by atoms with Gasteiger partial charge in [-0.2, -0.15) is 0 Å². The molecule has 0 radical (unpaired) electrons. The Bertz CT molecular complexity index is 1140. The molecular weight excluding hydrogens is 387 g/mol. The molecule has 0 saturated heterocycles. The summed E-state index contributed by atoms with van der Waals surface area (Å²) in [6, 6.07) is 23.3. The van der Waals surface area contributed by atoms with Crippen molar-refractivity contribution in [2.45, 2.75) is 0 Å². The highest BCUT2D eigenvalue weighted by Gasteiger charge is 2.18. The SMILES string of the molecule is COc1ccc(-c2nc(NC(=O)c3ccccc3F)sc2-c2ccccc2)cc1. The fourth-order valence-electron chi connectivity index (χ4n) is 2.91. The Hall–Kier alpha value is -3.51. The normalized spacial score (nSPS) is 10.6. The van der Waals surface area contributed by atoms with Crippen molar-refractivity contribution in [2.24, 2.45) is 0 Å². The molecule has 4 rings (SSSR count). The largest absolute Gasteiger partial charge is 0.497 e. The van der Waals surface area contributed by atoms with Crippen LogP contribution in [0.4, 0.5) is 9.52 Å². The average Bonchev–Trinajstić information content (AvgIpc) is 3.18. The lowest BCUT2D eigenvalue weighted by Crippen LogP contribution is -2.13. The number of anilines is 1. The van der Waals surface area contributed by atoms with Crippen LogP contribution >= 0.6 is 11.3 Å². The predicted molar refractivity (Wildman–Crippen MR) is 114 cm³/mol. The number of rotatable bonds is 5. The van der Waals surface area contributed by atoms with Gasteiger partial charge in [0.25, 0.3) is 5.91 Å². The summed E-state index contributed by atoms with van der Waals surface area (Å²) in [5.41, 5.74) is 2.61. The van der Waals surface area contributed by atoms with Gasteiger partial charge in [-0.25, -0.2) is 9.37 Å². The van der Waals surface area contributed by atoms with Crippen LogP contribution in [0.5, 0.6) is 5.75 Å². The highest BCUT2D eigenvalue weighted by molar-refractivity contribution is 7.19. The number of methoxy groups -OCH3 is 1. The maximum atomic E-state index is 13.9. The summed E-state index contributed by atoms with van der Waals surface area (Å²) in [4.78, 5) is 18.1. The number of thiazole rings is 1. The van der Waals surface area contributed by atoms with Gasteiger partial charge in [-0.05, 0) is 42.0 Å². The summed E-state index contributed by atoms with van der Waals surface area (Å²) in [6.45, 7) is 0. The van der Waals surface area contributed by atoms with Gasteiger partial charge in [0.2, 0.25) is 0 Å². The smallest absolute Gasteiger partial charge is 0.260 e. The molecule has 1 heterocycles. The molecule has 3 aromatic carbocycles. The zero-order valence-electron chi connectivity index (χ0n) is 15.6. The summed E-state index contributed by atoms with van der Waals surface area (Å²) in [6.07, 6.45) is 0. The zero-order valence-corrected chi connectivity index (χ0v) is 16.4. The summed E-state index contributed by atoms with van der Waals surface area (Å²) in [7, 11) is 1.61. The molecule has 1 amide bonds. The standard InChI is InChI=1S/C23H17FN2O2S/c1-28-17-13-11-15(12-14-17)20-21(16-7-3-2-4-8-16)29-23(25-20)26-22(27)18-9-5-6-10-19(18)24/h2-14H,1H3,(H,25,26,27). The highest BCUT2D eigenvalue weighted by atomic mass is 32.1. The number of benzene rings is 3. The van der Waals surface area contributed by atoms with Crippen LogP contribution in [0.25, 0.3) is 21.7 Å². The van der Waals surface area contributed by atoms with Gasteiger partial charge in [-0.1, -0.05) is 53.8 Å². The van der Waals surface area contributed by atoms with E-state index in [9.17, 15) is 9.18 Å². The van der Waals surface area contributed by atoms with Crippen LogP contribution < -0.4 is 10.1 Å². The second kappa shape index (κ2) is 8.24. The van der Waals surface area contributed by atoms with E-state index in [1.165, 1.54) is 23.5 Å². The van der Waals surface area contributed by atoms with E-state index >= 15 is 0 Å². The molecule has 0 spiro atoms. The molecule has 0 aliphatic heterocycles. The minimum absolute atomic E-state index is 0.0186. The van der Waals surface area contributed by atoms with Crippen LogP contribution in [0.1, 0.15) is 10.4 Å². The van der Waals surface area contributed by atoms with Crippen LogP contribution in [-0.2, 0) is 0 Å². The van der Waals surface area contributed by atoms with Crippen molar-refractivity contribution in [3.63, 3.8) is 0 Å². The van der Waals surface area contributed by atoms with Gasteiger partial charge in [0.1, 0.15) is 11.6 Å². The van der Waals surface area contributed by atoms with E-state index in [2.05, 4.69) is 10.3 Å². The molecule has 0 unspecified atom stereocenters. The molecular formula is C23H17FN2O2S. The first-order valence-corrected chi connectivity index (χ1v) is 9.74. The van der Waals surface area contributed by atoms with Crippen molar-refractivity contribution >= 4 is 22.4 Å². The Morgan fingerprint density at radius 3 is 2.31 bits per heavy atom. The lowest BCUT2D eigenvalue weighted by molar-refractivity contribution is 0.102. The highest BCUT2D eigenvalue weighted by Crippen LogP contribution is 2.39. The van der Waals surface area contributed by atoms with Crippen LogP contribution in [0.15, 0.2) is 78.9 Å². The number of halogens is 1. The Kier molecular flexibility index (Phi) is 5.35. The Morgan fingerprint density at radius 1 is 0.931 bits per heavy atom. The van der Waals surface area contributed by atoms with Crippen molar-refractivity contribution in [3.8, 4) is 27.4 Å². The van der Waals surface area contributed by atoms with Gasteiger partial charge < -0.3 is 4.74 Å². The summed E-state index contributed by atoms with van der Waals surface area (Å²) in [5, 5.41) is 3.13. The first-order chi connectivity index (χ1) is 14.2. The fraction of sp³-hybridized carbons (Fsp3) is 0.0435. The van der Waals surface area contributed by atoms with Crippen molar-refractivity contribution in [3.05, 3.63) is 90.2 Å². The Balaban J connectivity index is 1.73. The maximum absolute atomic E-state index is 13.9. The minimum atomic E-state index is -0.569. The fourth-order valence-corrected chi connectivity index (χ4v) is 3.90. The van der Waals surface area contributed by atoms with Gasteiger partial charge >= 0.3 is 0 Å². The first-order valence-electron chi connectivity index (χ1n) is 8.92. The number of ether oxygens (including phenoxy) is 1. The quantitative estimate of drug-likeness (QED) is 0.452. The minimum Gasteiger partial charge on any atom is -0.497 e. The number of carbonyl (C=O) groups is 1. The van der Waals surface area contributed by atoms with E-state index in [1.54, 1.807) is 19.2 Å². The van der Waals surface area contributed by atoms with Crippen LogP contribution in [0.2, 0.25) is 0 Å². The number of nitrogens with one attached hydrogen (secondary N) is 1. The van der Waals surface area contributed by atoms with Gasteiger partial charge in [0.15, 0.2) is 5.13 Å². The predicted octanol–water partition coefficient (Wildman–Crippen LogP) is 5.88. The summed E-state index contributed by atoms with van der Waals surface area (Å²) >= 11 is 1.35. The number of hydrogen-bond donors (Lipinski definition) is 1. The lowest BCUT2D eigenvalue weighted by atomic mass is 10.1. The van der Waals surface area contributed by atoms with Crippen molar-refractivity contribution in [2.75, 3.05) is 12.4 Å². The topological polar surface area (TPSA) is 51.2 Å². The van der Waals surface area contributed by atoms with Crippen LogP contribution in [-0.4, -0.2) is 18.0 Å². The molecule has 6 heteroatoms. The lowest BCUT2D eigenvalue weighted by Gasteiger charge is -2.04. The van der Waals surface area contributed by atoms with E-state index < -0.39 is 11.7 Å². The maximum Gasteiger partial charge on any atom is 0.260 e. The second-order valence-corrected chi connectivity index (χ2v) is 7.22. The number of carbonyl (C=O) groups excluding carboxylic acids is 1. The molecule has 29 heavy (non-hydrogen) atoms. The van der Waals surface area contributed by atoms with Crippen LogP contribution in [0, 0.1) is 5.82 Å². The molecule has 4 nitrogen and oxygen atoms in total. The molecule has 1 N–H and O–H groups in total. The summed E-state index contributed by atoms with van der Waals surface area (Å²) in [5.74, 6) is -0.351. The molecule has 0 aliphatic carbocycles. The van der Waals surface area contributed by atoms with E-state index in [0.29, 0.717) is 5.13 Å². The summed E-state index contributed by atoms with van der Waals surface area (Å²) < 4.78 is 19.2. The molecule has 0 fully saturated rings. The third-order valence-corrected chi connectivity index (χ3v) is 5.39. The van der Waals surface area contributed by atoms with E-state index in [1.807, 2.05) is 54.6 Å². The van der Waals surface area contributed by atoms with Crippen molar-refractivity contribution < 1.29 is 13.9 Å². The first kappa shape index (κ1) is 18.8.